The number of aryl methyl sites for hydroxylation is 1. The number of hydrogen-bond donors (Lipinski definition) is 0. The summed E-state index contributed by atoms with van der Waals surface area (Å²) in [6, 6.07) is 6.50. The van der Waals surface area contributed by atoms with E-state index in [2.05, 4.69) is 32.0 Å². The molecule has 0 aromatic rings. The molecule has 0 bridgehead atoms. The van der Waals surface area contributed by atoms with E-state index in [0.29, 0.717) is 12.2 Å². The molecular weight excluding hydrogens is 256 g/mol. The highest BCUT2D eigenvalue weighted by Crippen LogP contribution is 2.35. The van der Waals surface area contributed by atoms with E-state index in [-0.39, 0.29) is 0 Å². The lowest BCUT2D eigenvalue weighted by Crippen LogP contribution is -2.08. The van der Waals surface area contributed by atoms with E-state index in [1.165, 1.54) is 16.7 Å². The van der Waals surface area contributed by atoms with Crippen molar-refractivity contribution in [3.8, 4) is 11.1 Å². The smallest absolute Gasteiger partial charge is 0.146 e. The van der Waals surface area contributed by atoms with Gasteiger partial charge in [0.1, 0.15) is 16.6 Å². The summed E-state index contributed by atoms with van der Waals surface area (Å²) in [5, 5.41) is 0. The van der Waals surface area contributed by atoms with Crippen LogP contribution in [-0.2, 0) is 13.9 Å². The first-order valence-electron chi connectivity index (χ1n) is 7.04. The third-order valence-corrected chi connectivity index (χ3v) is 4.35. The quantitative estimate of drug-likeness (QED) is 0.440. The maximum atomic E-state index is 5.38. The molecule has 106 valence electrons. The van der Waals surface area contributed by atoms with Crippen LogP contribution in [0.15, 0.2) is 18.2 Å². The normalized spacial score (nSPS) is 19.6. The van der Waals surface area contributed by atoms with E-state index in [4.69, 9.17) is 13.9 Å². The second kappa shape index (κ2) is 7.19. The lowest BCUT2D eigenvalue weighted by molar-refractivity contribution is 0.104. The Morgan fingerprint density at radius 1 is 1.47 bits per heavy atom. The lowest BCUT2D eigenvalue weighted by atomic mass is 9.88. The maximum absolute atomic E-state index is 5.38. The minimum Gasteiger partial charge on any atom is -0.425 e. The van der Waals surface area contributed by atoms with Crippen LogP contribution < -0.4 is 0 Å². The standard InChI is InChI=1S/C8H18O3Si.C7H6/c1-7(11-12)3-2-4-9-5-8-6-10-8;1-5-4-6-2-3-7(5)6/h7-8H,2-6H2,1,12H3;2-4H,1H3. The highest BCUT2D eigenvalue weighted by Gasteiger charge is 2.21. The van der Waals surface area contributed by atoms with Gasteiger partial charge in [0.2, 0.25) is 0 Å². The third kappa shape index (κ3) is 4.73. The molecule has 3 rings (SSSR count). The van der Waals surface area contributed by atoms with Crippen molar-refractivity contribution in [2.24, 2.45) is 0 Å². The van der Waals surface area contributed by atoms with Gasteiger partial charge in [-0.2, -0.15) is 0 Å². The minimum absolute atomic E-state index is 0.400. The first kappa shape index (κ1) is 14.7. The van der Waals surface area contributed by atoms with E-state index < -0.39 is 0 Å². The SMILES string of the molecule is CC(CCCOCC1CO1)O[SiH3].Cc1cc2ccc1-2. The first-order valence-corrected chi connectivity index (χ1v) is 7.85. The molecule has 1 saturated heterocycles. The van der Waals surface area contributed by atoms with Gasteiger partial charge in [-0.05, 0) is 43.4 Å². The predicted octanol–water partition coefficient (Wildman–Crippen LogP) is 1.84. The van der Waals surface area contributed by atoms with Crippen LogP contribution in [0, 0.1) is 6.92 Å². The fourth-order valence-corrected chi connectivity index (χ4v) is 2.19. The predicted molar refractivity (Wildman–Crippen MR) is 80.5 cm³/mol. The zero-order valence-electron chi connectivity index (χ0n) is 12.1. The number of rotatable bonds is 7. The monoisotopic (exact) mass is 280 g/mol. The number of benzene rings is 1. The van der Waals surface area contributed by atoms with Crippen molar-refractivity contribution in [2.45, 2.75) is 38.9 Å². The van der Waals surface area contributed by atoms with Crippen LogP contribution in [0.25, 0.3) is 11.1 Å². The highest BCUT2D eigenvalue weighted by atomic mass is 28.2. The Bertz CT molecular complexity index is 404. The van der Waals surface area contributed by atoms with Gasteiger partial charge < -0.3 is 13.9 Å². The van der Waals surface area contributed by atoms with Crippen LogP contribution in [0.4, 0.5) is 0 Å². The van der Waals surface area contributed by atoms with Gasteiger partial charge in [0.05, 0.1) is 13.2 Å². The molecule has 0 aromatic heterocycles. The average molecular weight is 280 g/mol. The number of fused-ring (bicyclic) bond motifs is 1. The van der Waals surface area contributed by atoms with Crippen molar-refractivity contribution >= 4 is 10.5 Å². The molecule has 1 aliphatic heterocycles. The van der Waals surface area contributed by atoms with Crippen LogP contribution in [0.5, 0.6) is 0 Å². The van der Waals surface area contributed by atoms with Crippen molar-refractivity contribution in [3.05, 3.63) is 23.8 Å². The lowest BCUT2D eigenvalue weighted by Gasteiger charge is -2.17. The first-order chi connectivity index (χ1) is 9.20. The van der Waals surface area contributed by atoms with Gasteiger partial charge in [-0.1, -0.05) is 18.2 Å². The molecule has 4 heteroatoms. The molecule has 0 radical (unpaired) electrons. The molecular formula is C15H24O3Si. The molecule has 2 aliphatic carbocycles. The number of hydrogen-bond acceptors (Lipinski definition) is 3. The van der Waals surface area contributed by atoms with Crippen LogP contribution in [0.2, 0.25) is 0 Å². The van der Waals surface area contributed by atoms with E-state index in [1.807, 2.05) is 0 Å². The van der Waals surface area contributed by atoms with Crippen molar-refractivity contribution in [1.82, 2.24) is 0 Å². The number of ether oxygens (including phenoxy) is 2. The highest BCUT2D eigenvalue weighted by molar-refractivity contribution is 5.98. The van der Waals surface area contributed by atoms with Gasteiger partial charge in [0.15, 0.2) is 0 Å². The van der Waals surface area contributed by atoms with Crippen molar-refractivity contribution < 1.29 is 13.9 Å². The molecule has 3 nitrogen and oxygen atoms in total. The fraction of sp³-hybridized carbons (Fsp3) is 0.600. The largest absolute Gasteiger partial charge is 0.425 e. The van der Waals surface area contributed by atoms with Gasteiger partial charge in [0.25, 0.3) is 0 Å². The fourth-order valence-electron chi connectivity index (χ4n) is 1.95. The topological polar surface area (TPSA) is 31.0 Å². The van der Waals surface area contributed by atoms with Crippen LogP contribution >= 0.6 is 0 Å². The minimum atomic E-state index is 0.400. The molecule has 2 unspecified atom stereocenters. The van der Waals surface area contributed by atoms with E-state index >= 15 is 0 Å². The second-order valence-electron chi connectivity index (χ2n) is 5.25. The Morgan fingerprint density at radius 2 is 2.26 bits per heavy atom. The van der Waals surface area contributed by atoms with E-state index in [9.17, 15) is 0 Å². The molecule has 0 spiro atoms. The Kier molecular flexibility index (Phi) is 5.57. The van der Waals surface area contributed by atoms with Gasteiger partial charge in [-0.3, -0.25) is 0 Å². The molecule has 19 heavy (non-hydrogen) atoms. The molecule has 0 saturated carbocycles. The van der Waals surface area contributed by atoms with Gasteiger partial charge >= 0.3 is 0 Å². The summed E-state index contributed by atoms with van der Waals surface area (Å²) in [5.41, 5.74) is 4.36. The van der Waals surface area contributed by atoms with Crippen molar-refractivity contribution in [3.63, 3.8) is 0 Å². The Balaban J connectivity index is 0.000000159. The molecule has 0 aromatic carbocycles. The van der Waals surface area contributed by atoms with Crippen LogP contribution in [-0.4, -0.2) is 42.5 Å². The van der Waals surface area contributed by atoms with Crippen LogP contribution in [0.3, 0.4) is 0 Å². The summed E-state index contributed by atoms with van der Waals surface area (Å²) < 4.78 is 15.6. The zero-order chi connectivity index (χ0) is 13.7. The van der Waals surface area contributed by atoms with E-state index in [1.54, 1.807) is 0 Å². The average Bonchev–Trinajstić information content (AvgIpc) is 3.19. The van der Waals surface area contributed by atoms with Crippen molar-refractivity contribution in [2.75, 3.05) is 19.8 Å². The Hall–Kier alpha value is -0.683. The molecule has 3 aliphatic rings. The summed E-state index contributed by atoms with van der Waals surface area (Å²) in [4.78, 5) is 0. The molecule has 0 amide bonds. The Labute approximate surface area is 118 Å². The number of epoxide rings is 1. The van der Waals surface area contributed by atoms with Gasteiger partial charge in [0, 0.05) is 12.7 Å². The summed E-state index contributed by atoms with van der Waals surface area (Å²) >= 11 is 0. The third-order valence-electron chi connectivity index (χ3n) is 3.55. The molecule has 2 atom stereocenters. The maximum Gasteiger partial charge on any atom is 0.146 e. The zero-order valence-corrected chi connectivity index (χ0v) is 14.1. The van der Waals surface area contributed by atoms with Crippen LogP contribution in [0.1, 0.15) is 25.3 Å². The summed E-state index contributed by atoms with van der Waals surface area (Å²) in [6.07, 6.45) is 3.01. The molecule has 0 N–H and O–H groups in total. The summed E-state index contributed by atoms with van der Waals surface area (Å²) in [5.74, 6) is 0. The van der Waals surface area contributed by atoms with Gasteiger partial charge in [-0.25, -0.2) is 0 Å². The second-order valence-corrected chi connectivity index (χ2v) is 5.72. The summed E-state index contributed by atoms with van der Waals surface area (Å²) in [6.45, 7) is 6.75. The van der Waals surface area contributed by atoms with E-state index in [0.717, 1.165) is 43.1 Å². The Morgan fingerprint density at radius 3 is 2.63 bits per heavy atom. The van der Waals surface area contributed by atoms with Gasteiger partial charge in [-0.15, -0.1) is 0 Å². The molecule has 1 fully saturated rings. The van der Waals surface area contributed by atoms with Crippen molar-refractivity contribution in [1.29, 1.82) is 0 Å². The molecule has 1 heterocycles. The summed E-state index contributed by atoms with van der Waals surface area (Å²) in [7, 11) is 0.838.